The second-order valence-corrected chi connectivity index (χ2v) is 6.34. The molecule has 0 radical (unpaired) electrons. The van der Waals surface area contributed by atoms with Gasteiger partial charge in [0.1, 0.15) is 11.0 Å². The maximum absolute atomic E-state index is 12.0. The number of aromatic hydroxyl groups is 1. The van der Waals surface area contributed by atoms with E-state index in [1.807, 2.05) is 18.2 Å². The minimum atomic E-state index is -0.523. The molecule has 3 N–H and O–H groups in total. The van der Waals surface area contributed by atoms with Crippen LogP contribution in [0.5, 0.6) is 5.75 Å². The maximum Gasteiger partial charge on any atom is 0.240 e. The number of phenolic OH excluding ortho intramolecular Hbond substituents is 1. The number of carbonyl (C=O) groups excluding carboxylic acids is 2. The van der Waals surface area contributed by atoms with E-state index >= 15 is 0 Å². The van der Waals surface area contributed by atoms with Gasteiger partial charge in [-0.05, 0) is 24.3 Å². The number of nitrogens with one attached hydrogen (secondary N) is 2. The van der Waals surface area contributed by atoms with Gasteiger partial charge in [0.2, 0.25) is 11.8 Å². The van der Waals surface area contributed by atoms with Gasteiger partial charge in [0, 0.05) is 18.2 Å². The molecule has 0 spiro atoms. The van der Waals surface area contributed by atoms with Crippen molar-refractivity contribution in [1.29, 1.82) is 0 Å². The van der Waals surface area contributed by atoms with Crippen molar-refractivity contribution >= 4 is 40.1 Å². The Morgan fingerprint density at radius 1 is 1.21 bits per heavy atom. The largest absolute Gasteiger partial charge is 0.508 e. The van der Waals surface area contributed by atoms with Crippen LogP contribution in [0, 0.1) is 0 Å². The van der Waals surface area contributed by atoms with Gasteiger partial charge in [-0.15, -0.1) is 0 Å². The van der Waals surface area contributed by atoms with Crippen LogP contribution in [-0.2, 0) is 9.59 Å². The predicted octanol–water partition coefficient (Wildman–Crippen LogP) is 2.64. The van der Waals surface area contributed by atoms with E-state index in [1.165, 1.54) is 17.8 Å². The van der Waals surface area contributed by atoms with E-state index in [0.29, 0.717) is 16.5 Å². The molecular weight excluding hydrogens is 326 g/mol. The van der Waals surface area contributed by atoms with Gasteiger partial charge in [0.05, 0.1) is 5.69 Å². The average molecular weight is 341 g/mol. The summed E-state index contributed by atoms with van der Waals surface area (Å²) in [6, 6.07) is 15.5. The van der Waals surface area contributed by atoms with Crippen LogP contribution in [0.25, 0.3) is 0 Å². The smallest absolute Gasteiger partial charge is 0.240 e. The summed E-state index contributed by atoms with van der Waals surface area (Å²) in [4.78, 5) is 28.3. The van der Waals surface area contributed by atoms with Crippen LogP contribution in [-0.4, -0.2) is 27.3 Å². The number of thioether (sulfide) groups is 1. The van der Waals surface area contributed by atoms with Crippen molar-refractivity contribution < 1.29 is 14.7 Å². The van der Waals surface area contributed by atoms with Gasteiger partial charge >= 0.3 is 0 Å². The van der Waals surface area contributed by atoms with E-state index in [-0.39, 0.29) is 24.0 Å². The number of nitrogens with zero attached hydrogens (tertiary/aromatic N) is 1. The monoisotopic (exact) mass is 341 g/mol. The molecule has 1 aliphatic heterocycles. The Balaban J connectivity index is 1.61. The van der Waals surface area contributed by atoms with Crippen molar-refractivity contribution in [3.05, 3.63) is 54.6 Å². The summed E-state index contributed by atoms with van der Waals surface area (Å²) in [6.45, 7) is 0. The van der Waals surface area contributed by atoms with Gasteiger partial charge < -0.3 is 15.7 Å². The number of benzene rings is 2. The van der Waals surface area contributed by atoms with Crippen LogP contribution >= 0.6 is 11.8 Å². The number of hydrogen-bond acceptors (Lipinski definition) is 5. The summed E-state index contributed by atoms with van der Waals surface area (Å²) in [5.41, 5.74) is 1.23. The Bertz CT molecular complexity index is 793. The molecule has 2 amide bonds. The highest BCUT2D eigenvalue weighted by atomic mass is 32.2. The number of hydrogen-bond donors (Lipinski definition) is 3. The fourth-order valence-electron chi connectivity index (χ4n) is 2.17. The highest BCUT2D eigenvalue weighted by Crippen LogP contribution is 2.26. The maximum atomic E-state index is 12.0. The van der Waals surface area contributed by atoms with Gasteiger partial charge in [-0.3, -0.25) is 9.59 Å². The highest BCUT2D eigenvalue weighted by Gasteiger charge is 2.32. The predicted molar refractivity (Wildman–Crippen MR) is 94.4 cm³/mol. The molecule has 0 bridgehead atoms. The number of rotatable bonds is 4. The number of amidine groups is 1. The van der Waals surface area contributed by atoms with Gasteiger partial charge in [0.15, 0.2) is 5.17 Å². The third-order valence-corrected chi connectivity index (χ3v) is 4.35. The second-order valence-electron chi connectivity index (χ2n) is 5.15. The summed E-state index contributed by atoms with van der Waals surface area (Å²) in [5.74, 6) is -0.375. The van der Waals surface area contributed by atoms with Crippen molar-refractivity contribution in [2.24, 2.45) is 4.99 Å². The van der Waals surface area contributed by atoms with E-state index in [2.05, 4.69) is 15.6 Å². The molecule has 6 nitrogen and oxygen atoms in total. The number of carbonyl (C=O) groups is 2. The molecule has 0 aliphatic carbocycles. The lowest BCUT2D eigenvalue weighted by atomic mass is 10.2. The molecule has 7 heteroatoms. The van der Waals surface area contributed by atoms with Crippen molar-refractivity contribution in [3.8, 4) is 5.75 Å². The van der Waals surface area contributed by atoms with Crippen LogP contribution < -0.4 is 10.6 Å². The Labute approximate surface area is 143 Å². The molecule has 24 heavy (non-hydrogen) atoms. The molecule has 2 aromatic carbocycles. The number of aliphatic imine (C=N–C) groups is 1. The summed E-state index contributed by atoms with van der Waals surface area (Å²) >= 11 is 1.21. The highest BCUT2D eigenvalue weighted by molar-refractivity contribution is 8.15. The van der Waals surface area contributed by atoms with Crippen LogP contribution in [0.3, 0.4) is 0 Å². The molecule has 1 aliphatic rings. The first-order valence-corrected chi connectivity index (χ1v) is 8.18. The zero-order valence-corrected chi connectivity index (χ0v) is 13.4. The van der Waals surface area contributed by atoms with Gasteiger partial charge in [-0.1, -0.05) is 36.0 Å². The summed E-state index contributed by atoms with van der Waals surface area (Å²) in [5, 5.41) is 14.7. The average Bonchev–Trinajstić information content (AvgIpc) is 2.87. The first kappa shape index (κ1) is 16.1. The first-order chi connectivity index (χ1) is 11.6. The molecule has 1 heterocycles. The second kappa shape index (κ2) is 7.18. The van der Waals surface area contributed by atoms with E-state index in [0.717, 1.165) is 0 Å². The third-order valence-electron chi connectivity index (χ3n) is 3.27. The van der Waals surface area contributed by atoms with Crippen molar-refractivity contribution in [2.45, 2.75) is 11.7 Å². The fourth-order valence-corrected chi connectivity index (χ4v) is 3.16. The quantitative estimate of drug-likeness (QED) is 0.797. The summed E-state index contributed by atoms with van der Waals surface area (Å²) < 4.78 is 0. The number of phenols is 1. The van der Waals surface area contributed by atoms with Crippen LogP contribution in [0.15, 0.2) is 59.6 Å². The minimum absolute atomic E-state index is 0.0600. The van der Waals surface area contributed by atoms with Crippen LogP contribution in [0.4, 0.5) is 11.4 Å². The molecule has 3 rings (SSSR count). The van der Waals surface area contributed by atoms with E-state index in [9.17, 15) is 14.7 Å². The number of para-hydroxylation sites is 1. The standard InChI is InChI=1S/C17H15N3O3S/c21-13-8-4-7-12(9-13)19-17-20-16(23)14(24-17)10-15(22)18-11-5-2-1-3-6-11/h1-9,14,21H,10H2,(H,18,22)(H,19,20,23). The molecule has 1 saturated heterocycles. The normalized spacial score (nSPS) is 18.4. The molecule has 0 saturated carbocycles. The number of anilines is 1. The van der Waals surface area contributed by atoms with Gasteiger partial charge in [0.25, 0.3) is 0 Å². The topological polar surface area (TPSA) is 90.8 Å². The van der Waals surface area contributed by atoms with Crippen LogP contribution in [0.2, 0.25) is 0 Å². The fraction of sp³-hybridized carbons (Fsp3) is 0.118. The molecular formula is C17H15N3O3S. The molecule has 122 valence electrons. The third kappa shape index (κ3) is 4.14. The SMILES string of the molecule is O=C(CC1SC(=Nc2cccc(O)c2)NC1=O)Nc1ccccc1. The Morgan fingerprint density at radius 2 is 2.00 bits per heavy atom. The van der Waals surface area contributed by atoms with E-state index in [1.54, 1.807) is 30.3 Å². The van der Waals surface area contributed by atoms with Crippen LogP contribution in [0.1, 0.15) is 6.42 Å². The molecule has 1 atom stereocenters. The Kier molecular flexibility index (Phi) is 4.81. The Hall–Kier alpha value is -2.80. The lowest BCUT2D eigenvalue weighted by Crippen LogP contribution is -2.28. The van der Waals surface area contributed by atoms with Gasteiger partial charge in [-0.25, -0.2) is 4.99 Å². The van der Waals surface area contributed by atoms with E-state index in [4.69, 9.17) is 0 Å². The lowest BCUT2D eigenvalue weighted by Gasteiger charge is -2.07. The molecule has 0 aromatic heterocycles. The number of amides is 2. The molecule has 2 aromatic rings. The zero-order chi connectivity index (χ0) is 16.9. The van der Waals surface area contributed by atoms with E-state index < -0.39 is 5.25 Å². The zero-order valence-electron chi connectivity index (χ0n) is 12.6. The molecule has 1 unspecified atom stereocenters. The van der Waals surface area contributed by atoms with Crippen molar-refractivity contribution in [3.63, 3.8) is 0 Å². The molecule has 1 fully saturated rings. The van der Waals surface area contributed by atoms with Gasteiger partial charge in [-0.2, -0.15) is 0 Å². The summed E-state index contributed by atoms with van der Waals surface area (Å²) in [6.07, 6.45) is 0.0600. The minimum Gasteiger partial charge on any atom is -0.508 e. The van der Waals surface area contributed by atoms with Crippen molar-refractivity contribution in [2.75, 3.05) is 5.32 Å². The summed E-state index contributed by atoms with van der Waals surface area (Å²) in [7, 11) is 0. The lowest BCUT2D eigenvalue weighted by molar-refractivity contribution is -0.122. The van der Waals surface area contributed by atoms with Crippen molar-refractivity contribution in [1.82, 2.24) is 5.32 Å². The first-order valence-electron chi connectivity index (χ1n) is 7.30. The Morgan fingerprint density at radius 3 is 2.75 bits per heavy atom.